The maximum atomic E-state index is 12.7. The Morgan fingerprint density at radius 1 is 1.37 bits per heavy atom. The van der Waals surface area contributed by atoms with Gasteiger partial charge in [0.2, 0.25) is 11.8 Å². The molecule has 0 spiro atoms. The first-order valence-corrected chi connectivity index (χ1v) is 9.72. The van der Waals surface area contributed by atoms with E-state index in [-0.39, 0.29) is 23.8 Å². The molecule has 2 aromatic heterocycles. The highest BCUT2D eigenvalue weighted by atomic mass is 16.5. The Hall–Kier alpha value is -2.22. The molecule has 2 saturated heterocycles. The number of likely N-dealkylation sites (tertiary alicyclic amines) is 1. The molecule has 4 heterocycles. The van der Waals surface area contributed by atoms with Crippen LogP contribution in [0.4, 0.5) is 0 Å². The van der Waals surface area contributed by atoms with Gasteiger partial charge in [-0.1, -0.05) is 12.1 Å². The second-order valence-electron chi connectivity index (χ2n) is 8.04. The Morgan fingerprint density at radius 2 is 2.19 bits per heavy atom. The monoisotopic (exact) mass is 373 g/mol. The van der Waals surface area contributed by atoms with Crippen LogP contribution in [-0.4, -0.2) is 57.0 Å². The van der Waals surface area contributed by atoms with Crippen LogP contribution in [0.2, 0.25) is 0 Å². The largest absolute Gasteiger partial charge is 0.381 e. The third-order valence-electron chi connectivity index (χ3n) is 5.66. The Bertz CT molecular complexity index is 795. The van der Waals surface area contributed by atoms with Crippen molar-refractivity contribution < 1.29 is 14.1 Å². The summed E-state index contributed by atoms with van der Waals surface area (Å²) in [5.74, 6) is 1.80. The predicted octanol–water partition coefficient (Wildman–Crippen LogP) is 2.05. The van der Waals surface area contributed by atoms with Gasteiger partial charge in [0.15, 0.2) is 5.82 Å². The summed E-state index contributed by atoms with van der Waals surface area (Å²) < 4.78 is 12.7. The summed E-state index contributed by atoms with van der Waals surface area (Å²) >= 11 is 0. The summed E-state index contributed by atoms with van der Waals surface area (Å²) in [6.45, 7) is 7.23. The molecule has 0 saturated carbocycles. The highest BCUT2D eigenvalue weighted by molar-refractivity contribution is 5.76. The first-order chi connectivity index (χ1) is 13.0. The van der Waals surface area contributed by atoms with Crippen molar-refractivity contribution in [3.63, 3.8) is 0 Å². The van der Waals surface area contributed by atoms with Gasteiger partial charge in [-0.15, -0.1) is 0 Å². The van der Waals surface area contributed by atoms with Crippen molar-refractivity contribution in [3.05, 3.63) is 29.7 Å². The van der Waals surface area contributed by atoms with E-state index in [2.05, 4.69) is 17.2 Å². The summed E-state index contributed by atoms with van der Waals surface area (Å²) in [4.78, 5) is 19.4. The smallest absolute Gasteiger partial charge is 0.244 e. The highest BCUT2D eigenvalue weighted by Crippen LogP contribution is 2.34. The summed E-state index contributed by atoms with van der Waals surface area (Å²) in [7, 11) is 0. The van der Waals surface area contributed by atoms with Crippen molar-refractivity contribution in [3.8, 4) is 0 Å². The van der Waals surface area contributed by atoms with Crippen LogP contribution < -0.4 is 0 Å². The molecule has 2 fully saturated rings. The second kappa shape index (κ2) is 7.42. The Morgan fingerprint density at radius 3 is 2.93 bits per heavy atom. The van der Waals surface area contributed by atoms with Gasteiger partial charge in [0.05, 0.1) is 6.20 Å². The molecular weight excluding hydrogens is 346 g/mol. The van der Waals surface area contributed by atoms with E-state index >= 15 is 0 Å². The third-order valence-corrected chi connectivity index (χ3v) is 5.66. The number of ether oxygens (including phenoxy) is 1. The molecule has 2 aliphatic heterocycles. The van der Waals surface area contributed by atoms with Crippen molar-refractivity contribution in [2.45, 2.75) is 57.4 Å². The van der Waals surface area contributed by atoms with E-state index in [0.29, 0.717) is 12.4 Å². The molecule has 0 N–H and O–H groups in total. The molecule has 2 aromatic rings. The van der Waals surface area contributed by atoms with Crippen molar-refractivity contribution in [1.29, 1.82) is 0 Å². The number of amides is 1. The van der Waals surface area contributed by atoms with Crippen LogP contribution in [-0.2, 0) is 21.5 Å². The zero-order chi connectivity index (χ0) is 18.9. The lowest BCUT2D eigenvalue weighted by atomic mass is 9.81. The number of rotatable bonds is 4. The molecular formula is C19H27N5O3. The molecule has 0 aliphatic carbocycles. The molecule has 0 bridgehead atoms. The summed E-state index contributed by atoms with van der Waals surface area (Å²) in [6, 6.07) is 0. The lowest BCUT2D eigenvalue weighted by molar-refractivity contribution is -0.134. The molecule has 8 heteroatoms. The number of piperidine rings is 1. The molecule has 1 amide bonds. The van der Waals surface area contributed by atoms with E-state index in [1.165, 1.54) is 0 Å². The van der Waals surface area contributed by atoms with Crippen molar-refractivity contribution in [2.75, 3.05) is 26.3 Å². The number of hydrogen-bond acceptors (Lipinski definition) is 6. The van der Waals surface area contributed by atoms with Gasteiger partial charge >= 0.3 is 0 Å². The Kier molecular flexibility index (Phi) is 4.99. The first kappa shape index (κ1) is 18.2. The fourth-order valence-corrected chi connectivity index (χ4v) is 4.02. The Balaban J connectivity index is 1.44. The maximum absolute atomic E-state index is 12.7. The lowest BCUT2D eigenvalue weighted by Gasteiger charge is -2.38. The number of aromatic nitrogens is 4. The minimum absolute atomic E-state index is 0.0807. The average Bonchev–Trinajstić information content (AvgIpc) is 3.32. The summed E-state index contributed by atoms with van der Waals surface area (Å²) in [6.07, 6.45) is 7.38. The van der Waals surface area contributed by atoms with E-state index in [1.54, 1.807) is 10.9 Å². The third kappa shape index (κ3) is 3.90. The maximum Gasteiger partial charge on any atom is 0.244 e. The van der Waals surface area contributed by atoms with E-state index in [4.69, 9.17) is 14.2 Å². The number of carbonyl (C=O) groups excluding carboxylic acids is 1. The first-order valence-electron chi connectivity index (χ1n) is 9.72. The lowest BCUT2D eigenvalue weighted by Crippen LogP contribution is -2.48. The molecule has 0 radical (unpaired) electrons. The van der Waals surface area contributed by atoms with Crippen LogP contribution in [0.5, 0.6) is 0 Å². The topological polar surface area (TPSA) is 86.3 Å². The van der Waals surface area contributed by atoms with E-state index < -0.39 is 0 Å². The van der Waals surface area contributed by atoms with Crippen LogP contribution in [0.15, 0.2) is 16.9 Å². The molecule has 1 atom stereocenters. The summed E-state index contributed by atoms with van der Waals surface area (Å²) in [5.41, 5.74) is 0.777. The molecule has 146 valence electrons. The summed E-state index contributed by atoms with van der Waals surface area (Å²) in [5, 5.41) is 8.50. The number of aryl methyl sites for hydroxylation is 1. The van der Waals surface area contributed by atoms with Gasteiger partial charge in [0.25, 0.3) is 0 Å². The van der Waals surface area contributed by atoms with Crippen molar-refractivity contribution in [1.82, 2.24) is 24.8 Å². The molecule has 4 rings (SSSR count). The number of nitrogens with zero attached hydrogens (tertiary/aromatic N) is 5. The fraction of sp³-hybridized carbons (Fsp3) is 0.684. The standard InChI is InChI=1S/C19H27N5O3/c1-14-10-20-24(11-14)12-16(25)23-7-3-6-19(2,13-23)18-21-17(27-22-18)15-4-8-26-9-5-15/h10-11,15H,3-9,12-13H2,1-2H3. The zero-order valence-corrected chi connectivity index (χ0v) is 16.1. The van der Waals surface area contributed by atoms with Crippen LogP contribution in [0.3, 0.4) is 0 Å². The average molecular weight is 373 g/mol. The minimum Gasteiger partial charge on any atom is -0.381 e. The van der Waals surface area contributed by atoms with Gasteiger partial charge in [-0.05, 0) is 38.2 Å². The van der Waals surface area contributed by atoms with Crippen LogP contribution in [0.25, 0.3) is 0 Å². The highest BCUT2D eigenvalue weighted by Gasteiger charge is 2.39. The molecule has 27 heavy (non-hydrogen) atoms. The van der Waals surface area contributed by atoms with Gasteiger partial charge in [0.1, 0.15) is 6.54 Å². The van der Waals surface area contributed by atoms with Gasteiger partial charge in [-0.25, -0.2) is 0 Å². The van der Waals surface area contributed by atoms with E-state index in [0.717, 1.165) is 56.8 Å². The number of carbonyl (C=O) groups is 1. The van der Waals surface area contributed by atoms with Gasteiger partial charge < -0.3 is 14.2 Å². The van der Waals surface area contributed by atoms with Crippen molar-refractivity contribution >= 4 is 5.91 Å². The molecule has 0 aromatic carbocycles. The van der Waals surface area contributed by atoms with Crippen LogP contribution >= 0.6 is 0 Å². The fourth-order valence-electron chi connectivity index (χ4n) is 4.02. The van der Waals surface area contributed by atoms with Gasteiger partial charge in [-0.2, -0.15) is 10.1 Å². The van der Waals surface area contributed by atoms with Gasteiger partial charge in [-0.3, -0.25) is 9.48 Å². The van der Waals surface area contributed by atoms with Crippen molar-refractivity contribution in [2.24, 2.45) is 0 Å². The SMILES string of the molecule is Cc1cnn(CC(=O)N2CCCC(C)(c3noc(C4CCOCC4)n3)C2)c1. The van der Waals surface area contributed by atoms with Crippen LogP contribution in [0, 0.1) is 6.92 Å². The molecule has 8 nitrogen and oxygen atoms in total. The quantitative estimate of drug-likeness (QED) is 0.815. The minimum atomic E-state index is -0.277. The normalized spacial score (nSPS) is 24.3. The van der Waals surface area contributed by atoms with Crippen LogP contribution in [0.1, 0.15) is 55.8 Å². The number of hydrogen-bond donors (Lipinski definition) is 0. The predicted molar refractivity (Wildman–Crippen MR) is 97.2 cm³/mol. The molecule has 1 unspecified atom stereocenters. The van der Waals surface area contributed by atoms with E-state index in [9.17, 15) is 4.79 Å². The van der Waals surface area contributed by atoms with Gasteiger partial charge in [0, 0.05) is 43.8 Å². The Labute approximate surface area is 158 Å². The second-order valence-corrected chi connectivity index (χ2v) is 8.04. The van der Waals surface area contributed by atoms with E-state index in [1.807, 2.05) is 18.0 Å². The molecule has 2 aliphatic rings. The zero-order valence-electron chi connectivity index (χ0n) is 16.1.